The molecule has 2 N–H and O–H groups in total. The summed E-state index contributed by atoms with van der Waals surface area (Å²) in [5.74, 6) is 1.06. The lowest BCUT2D eigenvalue weighted by Crippen LogP contribution is -2.15. The van der Waals surface area contributed by atoms with E-state index in [1.54, 1.807) is 18.4 Å². The van der Waals surface area contributed by atoms with Crippen molar-refractivity contribution in [2.24, 2.45) is 0 Å². The molecule has 0 aliphatic carbocycles. The summed E-state index contributed by atoms with van der Waals surface area (Å²) >= 11 is 1.28. The third-order valence-electron chi connectivity index (χ3n) is 5.65. The zero-order valence-corrected chi connectivity index (χ0v) is 18.9. The van der Waals surface area contributed by atoms with Crippen molar-refractivity contribution in [3.05, 3.63) is 70.9 Å². The van der Waals surface area contributed by atoms with E-state index in [-0.39, 0.29) is 18.2 Å². The second kappa shape index (κ2) is 9.03. The van der Waals surface area contributed by atoms with Gasteiger partial charge in [-0.15, -0.1) is 11.3 Å². The SMILES string of the molecule is Cc1occc1C(=O)Nc1nc(CC(=O)Nc2ccc(-c3ncc4n3CCCC4)cc2)cs1. The maximum Gasteiger partial charge on any atom is 0.260 e. The van der Waals surface area contributed by atoms with Gasteiger partial charge in [0.05, 0.1) is 23.9 Å². The molecule has 0 fully saturated rings. The fraction of sp³-hybridized carbons (Fsp3) is 0.250. The fourth-order valence-electron chi connectivity index (χ4n) is 3.97. The zero-order valence-electron chi connectivity index (χ0n) is 18.1. The standard InChI is InChI=1S/C24H23N5O3S/c1-15-20(9-11-32-15)23(31)28-24-27-18(14-33-24)12-21(30)26-17-7-5-16(6-8-17)22-25-13-19-4-2-3-10-29(19)22/h5-9,11,13-14H,2-4,10,12H2,1H3,(H,26,30)(H,27,28,31). The van der Waals surface area contributed by atoms with E-state index in [2.05, 4.69) is 25.2 Å². The number of nitrogens with one attached hydrogen (secondary N) is 2. The van der Waals surface area contributed by atoms with Crippen LogP contribution in [-0.4, -0.2) is 26.3 Å². The molecule has 0 radical (unpaired) electrons. The lowest BCUT2D eigenvalue weighted by atomic mass is 10.1. The van der Waals surface area contributed by atoms with Gasteiger partial charge in [-0.05, 0) is 56.5 Å². The van der Waals surface area contributed by atoms with Gasteiger partial charge in [0.25, 0.3) is 5.91 Å². The normalized spacial score (nSPS) is 12.9. The fourth-order valence-corrected chi connectivity index (χ4v) is 4.67. The van der Waals surface area contributed by atoms with Crippen LogP contribution in [0.2, 0.25) is 0 Å². The molecule has 0 saturated heterocycles. The molecule has 4 heterocycles. The molecule has 0 bridgehead atoms. The van der Waals surface area contributed by atoms with Gasteiger partial charge in [0, 0.05) is 35.1 Å². The number of benzene rings is 1. The first-order chi connectivity index (χ1) is 16.1. The van der Waals surface area contributed by atoms with Crippen molar-refractivity contribution in [2.45, 2.75) is 39.2 Å². The number of amides is 2. The molecule has 1 aliphatic heterocycles. The molecular weight excluding hydrogens is 438 g/mol. The largest absolute Gasteiger partial charge is 0.469 e. The Morgan fingerprint density at radius 3 is 2.79 bits per heavy atom. The number of hydrogen-bond donors (Lipinski definition) is 2. The highest BCUT2D eigenvalue weighted by molar-refractivity contribution is 7.14. The highest BCUT2D eigenvalue weighted by Gasteiger charge is 2.16. The Balaban J connectivity index is 1.18. The Labute approximate surface area is 194 Å². The van der Waals surface area contributed by atoms with E-state index in [0.717, 1.165) is 24.4 Å². The molecule has 168 valence electrons. The van der Waals surface area contributed by atoms with Gasteiger partial charge < -0.3 is 14.3 Å². The first-order valence-corrected chi connectivity index (χ1v) is 11.7. The van der Waals surface area contributed by atoms with Crippen LogP contribution < -0.4 is 10.6 Å². The van der Waals surface area contributed by atoms with E-state index in [4.69, 9.17) is 4.42 Å². The summed E-state index contributed by atoms with van der Waals surface area (Å²) in [4.78, 5) is 33.7. The number of carbonyl (C=O) groups excluding carboxylic acids is 2. The monoisotopic (exact) mass is 461 g/mol. The maximum absolute atomic E-state index is 12.5. The average molecular weight is 462 g/mol. The number of thiazole rings is 1. The molecular formula is C24H23N5O3S. The molecule has 0 saturated carbocycles. The Hall–Kier alpha value is -3.72. The average Bonchev–Trinajstić information content (AvgIpc) is 3.54. The third-order valence-corrected chi connectivity index (χ3v) is 6.45. The van der Waals surface area contributed by atoms with Gasteiger partial charge in [0.15, 0.2) is 5.13 Å². The highest BCUT2D eigenvalue weighted by Crippen LogP contribution is 2.26. The van der Waals surface area contributed by atoms with Gasteiger partial charge in [-0.1, -0.05) is 0 Å². The number of rotatable bonds is 6. The third kappa shape index (κ3) is 4.58. The molecule has 9 heteroatoms. The van der Waals surface area contributed by atoms with Gasteiger partial charge in [-0.3, -0.25) is 14.9 Å². The summed E-state index contributed by atoms with van der Waals surface area (Å²) in [7, 11) is 0. The van der Waals surface area contributed by atoms with Crippen LogP contribution in [0.25, 0.3) is 11.4 Å². The number of hydrogen-bond acceptors (Lipinski definition) is 6. The van der Waals surface area contributed by atoms with Crippen LogP contribution in [0, 0.1) is 6.92 Å². The summed E-state index contributed by atoms with van der Waals surface area (Å²) in [6.07, 6.45) is 7.02. The van der Waals surface area contributed by atoms with E-state index >= 15 is 0 Å². The number of fused-ring (bicyclic) bond motifs is 1. The van der Waals surface area contributed by atoms with Crippen molar-refractivity contribution >= 4 is 34.0 Å². The Bertz CT molecular complexity index is 1300. The summed E-state index contributed by atoms with van der Waals surface area (Å²) < 4.78 is 7.44. The van der Waals surface area contributed by atoms with Gasteiger partial charge in [0.2, 0.25) is 5.91 Å². The van der Waals surface area contributed by atoms with Crippen LogP contribution in [0.15, 0.2) is 52.6 Å². The minimum atomic E-state index is -0.287. The number of nitrogens with zero attached hydrogens (tertiary/aromatic N) is 3. The van der Waals surface area contributed by atoms with E-state index in [9.17, 15) is 9.59 Å². The van der Waals surface area contributed by atoms with Gasteiger partial charge in [0.1, 0.15) is 11.6 Å². The van der Waals surface area contributed by atoms with Crippen molar-refractivity contribution in [3.8, 4) is 11.4 Å². The lowest BCUT2D eigenvalue weighted by Gasteiger charge is -2.16. The van der Waals surface area contributed by atoms with Crippen LogP contribution in [0.3, 0.4) is 0 Å². The number of imidazole rings is 1. The first-order valence-electron chi connectivity index (χ1n) is 10.8. The molecule has 0 unspecified atom stereocenters. The molecule has 8 nitrogen and oxygen atoms in total. The van der Waals surface area contributed by atoms with Crippen molar-refractivity contribution < 1.29 is 14.0 Å². The number of aromatic nitrogens is 3. The quantitative estimate of drug-likeness (QED) is 0.434. The van der Waals surface area contributed by atoms with Crippen molar-refractivity contribution in [3.63, 3.8) is 0 Å². The smallest absolute Gasteiger partial charge is 0.260 e. The summed E-state index contributed by atoms with van der Waals surface area (Å²) in [5, 5.41) is 7.85. The Kier molecular flexibility index (Phi) is 5.78. The minimum absolute atomic E-state index is 0.118. The van der Waals surface area contributed by atoms with E-state index in [1.165, 1.54) is 36.1 Å². The molecule has 1 aliphatic rings. The van der Waals surface area contributed by atoms with Crippen LogP contribution in [0.5, 0.6) is 0 Å². The predicted octanol–water partition coefficient (Wildman–Crippen LogP) is 4.68. The van der Waals surface area contributed by atoms with E-state index in [0.29, 0.717) is 27.8 Å². The molecule has 1 aromatic carbocycles. The van der Waals surface area contributed by atoms with Crippen LogP contribution in [0.4, 0.5) is 10.8 Å². The molecule has 2 amide bonds. The molecule has 3 aromatic heterocycles. The second-order valence-corrected chi connectivity index (χ2v) is 8.83. The second-order valence-electron chi connectivity index (χ2n) is 7.97. The molecule has 0 spiro atoms. The Morgan fingerprint density at radius 2 is 2.00 bits per heavy atom. The van der Waals surface area contributed by atoms with Crippen molar-refractivity contribution in [1.29, 1.82) is 0 Å². The number of furan rings is 1. The first kappa shape index (κ1) is 21.1. The predicted molar refractivity (Wildman–Crippen MR) is 126 cm³/mol. The van der Waals surface area contributed by atoms with Gasteiger partial charge >= 0.3 is 0 Å². The number of anilines is 2. The molecule has 0 atom stereocenters. The minimum Gasteiger partial charge on any atom is -0.469 e. The van der Waals surface area contributed by atoms with E-state index < -0.39 is 0 Å². The number of aryl methyl sites for hydroxylation is 2. The topological polar surface area (TPSA) is 102 Å². The van der Waals surface area contributed by atoms with E-state index in [1.807, 2.05) is 30.5 Å². The van der Waals surface area contributed by atoms with Gasteiger partial charge in [-0.25, -0.2) is 9.97 Å². The zero-order chi connectivity index (χ0) is 22.8. The van der Waals surface area contributed by atoms with Crippen LogP contribution >= 0.6 is 11.3 Å². The molecule has 33 heavy (non-hydrogen) atoms. The van der Waals surface area contributed by atoms with Gasteiger partial charge in [-0.2, -0.15) is 0 Å². The summed E-state index contributed by atoms with van der Waals surface area (Å²) in [5.41, 5.74) is 4.09. The van der Waals surface area contributed by atoms with Crippen LogP contribution in [0.1, 0.15) is 40.3 Å². The lowest BCUT2D eigenvalue weighted by molar-refractivity contribution is -0.115. The summed E-state index contributed by atoms with van der Waals surface area (Å²) in [6.45, 7) is 2.73. The van der Waals surface area contributed by atoms with Crippen LogP contribution in [-0.2, 0) is 24.2 Å². The van der Waals surface area contributed by atoms with Crippen molar-refractivity contribution in [2.75, 3.05) is 10.6 Å². The highest BCUT2D eigenvalue weighted by atomic mass is 32.1. The molecule has 4 aromatic rings. The summed E-state index contributed by atoms with van der Waals surface area (Å²) in [6, 6.07) is 9.34. The Morgan fingerprint density at radius 1 is 1.15 bits per heavy atom. The van der Waals surface area contributed by atoms with Crippen molar-refractivity contribution in [1.82, 2.24) is 14.5 Å². The maximum atomic E-state index is 12.5. The number of carbonyl (C=O) groups is 2. The molecule has 5 rings (SSSR count).